The summed E-state index contributed by atoms with van der Waals surface area (Å²) in [5, 5.41) is 5.18. The average Bonchev–Trinajstić information content (AvgIpc) is 3.79. The molecular weight excluding hydrogens is 544 g/mol. The smallest absolute Gasteiger partial charge is 0.254 e. The van der Waals surface area contributed by atoms with E-state index in [-0.39, 0.29) is 16.7 Å². The van der Waals surface area contributed by atoms with Crippen molar-refractivity contribution in [1.29, 1.82) is 0 Å². The first kappa shape index (κ1) is 28.1. The van der Waals surface area contributed by atoms with Gasteiger partial charge in [0.2, 0.25) is 15.9 Å². The molecule has 2 aromatic rings. The lowest BCUT2D eigenvalue weighted by Gasteiger charge is -2.24. The van der Waals surface area contributed by atoms with E-state index >= 15 is 0 Å². The summed E-state index contributed by atoms with van der Waals surface area (Å²) in [7, 11) is -3.80. The number of hydrogen-bond acceptors (Lipinski definition) is 7. The van der Waals surface area contributed by atoms with Crippen molar-refractivity contribution in [2.24, 2.45) is 22.9 Å². The maximum atomic E-state index is 13.7. The summed E-state index contributed by atoms with van der Waals surface area (Å²) in [6, 6.07) is 9.53. The van der Waals surface area contributed by atoms with Gasteiger partial charge in [0.25, 0.3) is 11.8 Å². The number of rotatable bonds is 7. The highest BCUT2D eigenvalue weighted by Crippen LogP contribution is 2.40. The van der Waals surface area contributed by atoms with Crippen LogP contribution in [0.15, 0.2) is 41.3 Å². The molecule has 0 radical (unpaired) electrons. The van der Waals surface area contributed by atoms with Gasteiger partial charge < -0.3 is 19.3 Å². The molecule has 220 valence electrons. The van der Waals surface area contributed by atoms with Gasteiger partial charge in [-0.25, -0.2) is 18.5 Å². The van der Waals surface area contributed by atoms with Crippen LogP contribution < -0.4 is 9.88 Å². The highest BCUT2D eigenvalue weighted by Gasteiger charge is 2.38. The van der Waals surface area contributed by atoms with Crippen molar-refractivity contribution in [3.05, 3.63) is 53.2 Å². The maximum absolute atomic E-state index is 13.7. The summed E-state index contributed by atoms with van der Waals surface area (Å²) in [4.78, 5) is 35.4. The first-order chi connectivity index (χ1) is 19.7. The number of carbonyl (C=O) groups is 2. The quantitative estimate of drug-likeness (QED) is 0.531. The molecule has 2 N–H and O–H groups in total. The molecule has 1 saturated carbocycles. The molecule has 10 nitrogen and oxygen atoms in total. The largest absolute Gasteiger partial charge is 0.477 e. The van der Waals surface area contributed by atoms with Crippen molar-refractivity contribution in [1.82, 2.24) is 14.8 Å². The van der Waals surface area contributed by atoms with Crippen LogP contribution in [-0.2, 0) is 14.8 Å². The highest BCUT2D eigenvalue weighted by atomic mass is 32.2. The lowest BCUT2D eigenvalue weighted by Crippen LogP contribution is -2.34. The van der Waals surface area contributed by atoms with Gasteiger partial charge in [-0.3, -0.25) is 9.59 Å². The van der Waals surface area contributed by atoms with Crippen molar-refractivity contribution >= 4 is 21.8 Å². The number of nitrogens with zero attached hydrogens (tertiary/aromatic N) is 3. The zero-order chi connectivity index (χ0) is 28.6. The number of pyridine rings is 1. The second-order valence-corrected chi connectivity index (χ2v) is 13.5. The fraction of sp³-hybridized carbons (Fsp3) is 0.567. The standard InChI is InChI=1S/C30H38N4O6S/c31-41(37,38)26-5-3-22(4-6-26)29(35)34-17-23-7-11-33(12-8-24(23)18-34)30(36)25-15-27(21-1-2-21)32-28(16-25)40-19-20-9-13-39-14-10-20/h3-6,15-16,20-21,23-24H,1-2,7-14,17-19H2,(H2,31,37,38). The molecule has 4 fully saturated rings. The molecule has 1 aliphatic carbocycles. The first-order valence-corrected chi connectivity index (χ1v) is 16.2. The number of benzene rings is 1. The van der Waals surface area contributed by atoms with E-state index in [4.69, 9.17) is 19.6 Å². The number of amides is 2. The van der Waals surface area contributed by atoms with Gasteiger partial charge in [0, 0.05) is 68.2 Å². The number of aromatic nitrogens is 1. The van der Waals surface area contributed by atoms with Gasteiger partial charge in [0.1, 0.15) is 0 Å². The molecule has 0 bridgehead atoms. The molecule has 0 spiro atoms. The second kappa shape index (κ2) is 11.7. The van der Waals surface area contributed by atoms with Crippen LogP contribution >= 0.6 is 0 Å². The summed E-state index contributed by atoms with van der Waals surface area (Å²) in [5.41, 5.74) is 2.05. The van der Waals surface area contributed by atoms with E-state index in [1.165, 1.54) is 24.3 Å². The lowest BCUT2D eigenvalue weighted by molar-refractivity contribution is 0.0490. The summed E-state index contributed by atoms with van der Waals surface area (Å²) >= 11 is 0. The molecule has 41 heavy (non-hydrogen) atoms. The number of likely N-dealkylation sites (tertiary alicyclic amines) is 2. The molecule has 4 aliphatic rings. The van der Waals surface area contributed by atoms with Gasteiger partial charge in [-0.05, 0) is 86.6 Å². The summed E-state index contributed by atoms with van der Waals surface area (Å²) < 4.78 is 34.6. The molecule has 2 amide bonds. The van der Waals surface area contributed by atoms with Crippen LogP contribution in [0.4, 0.5) is 0 Å². The number of ether oxygens (including phenoxy) is 2. The molecular formula is C30H38N4O6S. The summed E-state index contributed by atoms with van der Waals surface area (Å²) in [6.07, 6.45) is 5.83. The van der Waals surface area contributed by atoms with Crippen molar-refractivity contribution in [2.45, 2.75) is 49.3 Å². The Labute approximate surface area is 241 Å². The molecule has 3 aliphatic heterocycles. The van der Waals surface area contributed by atoms with Gasteiger partial charge in [-0.15, -0.1) is 0 Å². The molecule has 1 aromatic carbocycles. The van der Waals surface area contributed by atoms with Crippen LogP contribution in [0.3, 0.4) is 0 Å². The average molecular weight is 583 g/mol. The number of primary sulfonamides is 1. The zero-order valence-electron chi connectivity index (χ0n) is 23.2. The van der Waals surface area contributed by atoms with Crippen LogP contribution in [0.2, 0.25) is 0 Å². The Balaban J connectivity index is 1.08. The Morgan fingerprint density at radius 1 is 0.878 bits per heavy atom. The van der Waals surface area contributed by atoms with Crippen molar-refractivity contribution < 1.29 is 27.5 Å². The maximum Gasteiger partial charge on any atom is 0.254 e. The summed E-state index contributed by atoms with van der Waals surface area (Å²) in [6.45, 7) is 4.68. The van der Waals surface area contributed by atoms with Gasteiger partial charge in [0.05, 0.1) is 11.5 Å². The van der Waals surface area contributed by atoms with Crippen LogP contribution in [0, 0.1) is 17.8 Å². The first-order valence-electron chi connectivity index (χ1n) is 14.7. The topological polar surface area (TPSA) is 132 Å². The Kier molecular flexibility index (Phi) is 8.02. The van der Waals surface area contributed by atoms with Crippen molar-refractivity contribution in [3.8, 4) is 5.88 Å². The van der Waals surface area contributed by atoms with E-state index in [1.54, 1.807) is 6.07 Å². The number of hydrogen-bond donors (Lipinski definition) is 1. The Morgan fingerprint density at radius 2 is 1.51 bits per heavy atom. The van der Waals surface area contributed by atoms with E-state index in [1.807, 2.05) is 15.9 Å². The molecule has 2 unspecified atom stereocenters. The summed E-state index contributed by atoms with van der Waals surface area (Å²) in [5.74, 6) is 1.96. The highest BCUT2D eigenvalue weighted by molar-refractivity contribution is 7.89. The van der Waals surface area contributed by atoms with E-state index in [0.717, 1.165) is 57.4 Å². The number of sulfonamides is 1. The minimum atomic E-state index is -3.80. The van der Waals surface area contributed by atoms with E-state index in [2.05, 4.69) is 0 Å². The third-order valence-electron chi connectivity index (χ3n) is 8.99. The van der Waals surface area contributed by atoms with Crippen LogP contribution in [0.5, 0.6) is 5.88 Å². The van der Waals surface area contributed by atoms with Crippen LogP contribution in [0.25, 0.3) is 0 Å². The Morgan fingerprint density at radius 3 is 2.12 bits per heavy atom. The number of nitrogens with two attached hydrogens (primary N) is 1. The Hall–Kier alpha value is -3.02. The van der Waals surface area contributed by atoms with Gasteiger partial charge >= 0.3 is 0 Å². The van der Waals surface area contributed by atoms with Gasteiger partial charge in [-0.1, -0.05) is 0 Å². The van der Waals surface area contributed by atoms with E-state index in [9.17, 15) is 18.0 Å². The van der Waals surface area contributed by atoms with Gasteiger partial charge in [-0.2, -0.15) is 0 Å². The SMILES string of the molecule is NS(=O)(=O)c1ccc(C(=O)N2CC3CCN(C(=O)c4cc(OCC5CCOCC5)nc(C5CC5)c4)CCC3C2)cc1. The molecule has 6 rings (SSSR count). The van der Waals surface area contributed by atoms with Crippen LogP contribution in [-0.4, -0.2) is 81.0 Å². The predicted octanol–water partition coefficient (Wildman–Crippen LogP) is 3.04. The minimum Gasteiger partial charge on any atom is -0.477 e. The molecule has 2 atom stereocenters. The third kappa shape index (κ3) is 6.57. The number of carbonyl (C=O) groups excluding carboxylic acids is 2. The monoisotopic (exact) mass is 582 g/mol. The predicted molar refractivity (Wildman–Crippen MR) is 151 cm³/mol. The second-order valence-electron chi connectivity index (χ2n) is 11.9. The fourth-order valence-electron chi connectivity index (χ4n) is 6.30. The minimum absolute atomic E-state index is 0.0122. The van der Waals surface area contributed by atoms with Gasteiger partial charge in [0.15, 0.2) is 0 Å². The molecule has 1 aromatic heterocycles. The molecule has 4 heterocycles. The Bertz CT molecular complexity index is 1370. The van der Waals surface area contributed by atoms with Crippen molar-refractivity contribution in [2.75, 3.05) is 46.0 Å². The normalized spacial score (nSPS) is 23.6. The third-order valence-corrected chi connectivity index (χ3v) is 9.92. The zero-order valence-corrected chi connectivity index (χ0v) is 24.1. The van der Waals surface area contributed by atoms with E-state index in [0.29, 0.717) is 73.5 Å². The van der Waals surface area contributed by atoms with Crippen LogP contribution in [0.1, 0.15) is 70.9 Å². The number of fused-ring (bicyclic) bond motifs is 1. The molecule has 11 heteroatoms. The van der Waals surface area contributed by atoms with Crippen molar-refractivity contribution in [3.63, 3.8) is 0 Å². The lowest BCUT2D eigenvalue weighted by atomic mass is 9.92. The van der Waals surface area contributed by atoms with E-state index < -0.39 is 10.0 Å². The fourth-order valence-corrected chi connectivity index (χ4v) is 6.81. The molecule has 3 saturated heterocycles.